The maximum Gasteiger partial charge on any atom is 0.332 e. The summed E-state index contributed by atoms with van der Waals surface area (Å²) >= 11 is 0. The van der Waals surface area contributed by atoms with Gasteiger partial charge in [-0.3, -0.25) is 4.79 Å². The molecule has 5 heteroatoms. The second-order valence-corrected chi connectivity index (χ2v) is 4.60. The zero-order chi connectivity index (χ0) is 12.4. The zero-order valence-corrected chi connectivity index (χ0v) is 9.72. The summed E-state index contributed by atoms with van der Waals surface area (Å²) in [4.78, 5) is 24.5. The molecule has 0 bridgehead atoms. The predicted octanol–water partition coefficient (Wildman–Crippen LogP) is 0.797. The van der Waals surface area contributed by atoms with Gasteiger partial charge in [-0.15, -0.1) is 0 Å². The van der Waals surface area contributed by atoms with Crippen LogP contribution < -0.4 is 0 Å². The first-order valence-corrected chi connectivity index (χ1v) is 5.91. The molecule has 1 amide bonds. The van der Waals surface area contributed by atoms with Gasteiger partial charge in [0.15, 0.2) is 6.10 Å². The zero-order valence-electron chi connectivity index (χ0n) is 9.72. The van der Waals surface area contributed by atoms with Gasteiger partial charge in [0.05, 0.1) is 0 Å². The van der Waals surface area contributed by atoms with Crippen molar-refractivity contribution < 1.29 is 19.4 Å². The Morgan fingerprint density at radius 2 is 1.82 bits per heavy atom. The maximum atomic E-state index is 12.1. The summed E-state index contributed by atoms with van der Waals surface area (Å²) in [5.74, 6) is -1.05. The van der Waals surface area contributed by atoms with Crippen LogP contribution >= 0.6 is 0 Å². The van der Waals surface area contributed by atoms with Gasteiger partial charge in [0.1, 0.15) is 6.10 Å². The molecule has 2 saturated heterocycles. The Bertz CT molecular complexity index is 342. The maximum absolute atomic E-state index is 12.1. The number of hydrogen-bond donors (Lipinski definition) is 1. The molecule has 2 rings (SSSR count). The van der Waals surface area contributed by atoms with E-state index in [1.807, 2.05) is 0 Å². The van der Waals surface area contributed by atoms with Crippen molar-refractivity contribution in [3.8, 4) is 0 Å². The van der Waals surface area contributed by atoms with Crippen molar-refractivity contribution in [2.75, 3.05) is 13.1 Å². The van der Waals surface area contributed by atoms with Crippen molar-refractivity contribution in [2.24, 2.45) is 0 Å². The third kappa shape index (κ3) is 2.66. The molecule has 5 nitrogen and oxygen atoms in total. The summed E-state index contributed by atoms with van der Waals surface area (Å²) in [6, 6.07) is 0. The monoisotopic (exact) mass is 239 g/mol. The van der Waals surface area contributed by atoms with Crippen LogP contribution in [0.15, 0.2) is 12.2 Å². The van der Waals surface area contributed by atoms with Crippen LogP contribution in [0.25, 0.3) is 0 Å². The van der Waals surface area contributed by atoms with Gasteiger partial charge < -0.3 is 14.7 Å². The van der Waals surface area contributed by atoms with Gasteiger partial charge in [-0.2, -0.15) is 0 Å². The standard InChI is InChI=1S/C12H17NO4/c1-8-4-6-13(7-5-8)11(14)9-2-3-10(17-9)12(15)16/h9-10H,1-7H2,(H,15,16)/t9-,10+/m0/s1. The highest BCUT2D eigenvalue weighted by Crippen LogP contribution is 2.23. The Balaban J connectivity index is 1.89. The molecule has 0 saturated carbocycles. The molecule has 0 aromatic heterocycles. The van der Waals surface area contributed by atoms with Crippen molar-refractivity contribution >= 4 is 11.9 Å². The van der Waals surface area contributed by atoms with Crippen LogP contribution in [-0.2, 0) is 14.3 Å². The topological polar surface area (TPSA) is 66.8 Å². The molecule has 2 fully saturated rings. The number of likely N-dealkylation sites (tertiary alicyclic amines) is 1. The van der Waals surface area contributed by atoms with Crippen LogP contribution in [0.3, 0.4) is 0 Å². The van der Waals surface area contributed by atoms with E-state index in [1.54, 1.807) is 4.90 Å². The van der Waals surface area contributed by atoms with E-state index >= 15 is 0 Å². The Morgan fingerprint density at radius 3 is 2.35 bits per heavy atom. The Labute approximate surface area is 100 Å². The van der Waals surface area contributed by atoms with Gasteiger partial charge in [0.2, 0.25) is 0 Å². The minimum absolute atomic E-state index is 0.0683. The normalized spacial score (nSPS) is 29.4. The summed E-state index contributed by atoms with van der Waals surface area (Å²) in [5, 5.41) is 8.80. The van der Waals surface area contributed by atoms with Crippen LogP contribution in [0.2, 0.25) is 0 Å². The summed E-state index contributed by atoms with van der Waals surface area (Å²) in [6.07, 6.45) is 1.22. The Kier molecular flexibility index (Phi) is 3.47. The first kappa shape index (κ1) is 12.1. The highest BCUT2D eigenvalue weighted by molar-refractivity contribution is 5.82. The van der Waals surface area contributed by atoms with Gasteiger partial charge in [-0.05, 0) is 25.7 Å². The number of nitrogens with zero attached hydrogens (tertiary/aromatic N) is 1. The summed E-state index contributed by atoms with van der Waals surface area (Å²) in [7, 11) is 0. The van der Waals surface area contributed by atoms with E-state index in [0.717, 1.165) is 12.8 Å². The van der Waals surface area contributed by atoms with Crippen molar-refractivity contribution in [1.29, 1.82) is 0 Å². The molecule has 2 aliphatic heterocycles. The lowest BCUT2D eigenvalue weighted by atomic mass is 10.1. The molecule has 0 unspecified atom stereocenters. The molecule has 2 heterocycles. The summed E-state index contributed by atoms with van der Waals surface area (Å²) < 4.78 is 5.25. The fraction of sp³-hybridized carbons (Fsp3) is 0.667. The number of ether oxygens (including phenoxy) is 1. The van der Waals surface area contributed by atoms with Crippen LogP contribution in [0.4, 0.5) is 0 Å². The molecular formula is C12H17NO4. The number of carbonyl (C=O) groups is 2. The van der Waals surface area contributed by atoms with E-state index in [2.05, 4.69) is 6.58 Å². The number of aliphatic carboxylic acids is 1. The lowest BCUT2D eigenvalue weighted by molar-refractivity contribution is -0.154. The first-order chi connectivity index (χ1) is 8.08. The summed E-state index contributed by atoms with van der Waals surface area (Å²) in [6.45, 7) is 5.25. The van der Waals surface area contributed by atoms with Crippen LogP contribution in [0, 0.1) is 0 Å². The van der Waals surface area contributed by atoms with Crippen molar-refractivity contribution in [1.82, 2.24) is 4.90 Å². The van der Waals surface area contributed by atoms with Gasteiger partial charge in [0, 0.05) is 13.1 Å². The third-order valence-corrected chi connectivity index (χ3v) is 3.35. The van der Waals surface area contributed by atoms with Gasteiger partial charge >= 0.3 is 5.97 Å². The molecule has 0 radical (unpaired) electrons. The second kappa shape index (κ2) is 4.87. The summed E-state index contributed by atoms with van der Waals surface area (Å²) in [5.41, 5.74) is 1.17. The molecular weight excluding hydrogens is 222 g/mol. The van der Waals surface area contributed by atoms with Crippen molar-refractivity contribution in [3.63, 3.8) is 0 Å². The lowest BCUT2D eigenvalue weighted by Gasteiger charge is -2.29. The molecule has 0 aromatic rings. The Hall–Kier alpha value is -1.36. The molecule has 0 aromatic carbocycles. The van der Waals surface area contributed by atoms with Crippen LogP contribution in [0.1, 0.15) is 25.7 Å². The lowest BCUT2D eigenvalue weighted by Crippen LogP contribution is -2.42. The smallest absolute Gasteiger partial charge is 0.332 e. The van der Waals surface area contributed by atoms with Crippen LogP contribution in [0.5, 0.6) is 0 Å². The van der Waals surface area contributed by atoms with Crippen molar-refractivity contribution in [2.45, 2.75) is 37.9 Å². The van der Waals surface area contributed by atoms with Crippen molar-refractivity contribution in [3.05, 3.63) is 12.2 Å². The SMILES string of the molecule is C=C1CCN(C(=O)[C@@H]2CC[C@H](C(=O)O)O2)CC1. The molecule has 0 aliphatic carbocycles. The number of carboxylic acids is 1. The van der Waals surface area contributed by atoms with E-state index < -0.39 is 18.2 Å². The molecule has 94 valence electrons. The number of amides is 1. The fourth-order valence-electron chi connectivity index (χ4n) is 2.25. The number of carbonyl (C=O) groups excluding carboxylic acids is 1. The van der Waals surface area contributed by atoms with E-state index in [0.29, 0.717) is 25.9 Å². The fourth-order valence-corrected chi connectivity index (χ4v) is 2.25. The number of rotatable bonds is 2. The van der Waals surface area contributed by atoms with Gasteiger partial charge in [-0.1, -0.05) is 12.2 Å². The average molecular weight is 239 g/mol. The first-order valence-electron chi connectivity index (χ1n) is 5.91. The van der Waals surface area contributed by atoms with E-state index in [4.69, 9.17) is 9.84 Å². The highest BCUT2D eigenvalue weighted by atomic mass is 16.5. The minimum Gasteiger partial charge on any atom is -0.479 e. The number of carboxylic acid groups (broad SMARTS) is 1. The molecule has 2 atom stereocenters. The highest BCUT2D eigenvalue weighted by Gasteiger charge is 2.37. The molecule has 17 heavy (non-hydrogen) atoms. The number of hydrogen-bond acceptors (Lipinski definition) is 3. The van der Waals surface area contributed by atoms with Crippen LogP contribution in [-0.4, -0.2) is 47.2 Å². The Morgan fingerprint density at radius 1 is 1.24 bits per heavy atom. The van der Waals surface area contributed by atoms with Gasteiger partial charge in [-0.25, -0.2) is 4.79 Å². The number of piperidine rings is 1. The van der Waals surface area contributed by atoms with E-state index in [9.17, 15) is 9.59 Å². The van der Waals surface area contributed by atoms with E-state index in [-0.39, 0.29) is 5.91 Å². The van der Waals surface area contributed by atoms with Gasteiger partial charge in [0.25, 0.3) is 5.91 Å². The quantitative estimate of drug-likeness (QED) is 0.724. The second-order valence-electron chi connectivity index (χ2n) is 4.60. The van der Waals surface area contributed by atoms with E-state index in [1.165, 1.54) is 5.57 Å². The largest absolute Gasteiger partial charge is 0.479 e. The average Bonchev–Trinajstić information content (AvgIpc) is 2.78. The molecule has 0 spiro atoms. The molecule has 1 N–H and O–H groups in total. The third-order valence-electron chi connectivity index (χ3n) is 3.35. The predicted molar refractivity (Wildman–Crippen MR) is 60.5 cm³/mol. The molecule has 2 aliphatic rings. The minimum atomic E-state index is -0.979.